The average molecular weight is 553 g/mol. The molecule has 12 heteroatoms. The van der Waals surface area contributed by atoms with Crippen LogP contribution in [0.15, 0.2) is 23.0 Å². The van der Waals surface area contributed by atoms with E-state index in [1.54, 1.807) is 10.6 Å². The Bertz CT molecular complexity index is 1410. The second kappa shape index (κ2) is 9.06. The lowest BCUT2D eigenvalue weighted by atomic mass is 9.89. The Kier molecular flexibility index (Phi) is 6.75. The molecule has 2 aromatic rings. The molecule has 1 aliphatic heterocycles. The molecular formula is C25H37N4O6PS. The summed E-state index contributed by atoms with van der Waals surface area (Å²) in [6.45, 7) is 12.6. The van der Waals surface area contributed by atoms with Gasteiger partial charge in [0.2, 0.25) is 15.9 Å². The number of nitrogens with one attached hydrogen (secondary N) is 2. The Morgan fingerprint density at radius 3 is 2.38 bits per heavy atom. The van der Waals surface area contributed by atoms with Crippen molar-refractivity contribution < 1.29 is 27.7 Å². The van der Waals surface area contributed by atoms with Gasteiger partial charge in [0, 0.05) is 17.6 Å². The largest absolute Gasteiger partial charge is 0.505 e. The SMILES string of the molecule is CC(C)(C)CCn1c(O)c(C2=NP(=O)(OC3CC3)c3cc(NS(C)(=O)=O)ccc3N2)c(O)c1C(C)(C)C. The molecule has 2 heterocycles. The lowest BCUT2D eigenvalue weighted by Gasteiger charge is -2.25. The van der Waals surface area contributed by atoms with Crippen LogP contribution in [-0.2, 0) is 31.1 Å². The van der Waals surface area contributed by atoms with Crippen molar-refractivity contribution in [1.82, 2.24) is 4.57 Å². The summed E-state index contributed by atoms with van der Waals surface area (Å²) in [5, 5.41) is 26.1. The van der Waals surface area contributed by atoms with Crippen LogP contribution in [-0.4, -0.2) is 41.4 Å². The fourth-order valence-electron chi connectivity index (χ4n) is 4.29. The van der Waals surface area contributed by atoms with Crippen LogP contribution in [0.25, 0.3) is 0 Å². The van der Waals surface area contributed by atoms with Crippen LogP contribution in [0.2, 0.25) is 0 Å². The fraction of sp³-hybridized carbons (Fsp3) is 0.560. The summed E-state index contributed by atoms with van der Waals surface area (Å²) in [6.07, 6.45) is 3.04. The molecule has 2 aliphatic rings. The van der Waals surface area contributed by atoms with Crippen LogP contribution < -0.4 is 15.3 Å². The Morgan fingerprint density at radius 2 is 1.84 bits per heavy atom. The third-order valence-corrected chi connectivity index (χ3v) is 8.78. The van der Waals surface area contributed by atoms with Gasteiger partial charge in [0.25, 0.3) is 0 Å². The van der Waals surface area contributed by atoms with Crippen molar-refractivity contribution in [3.05, 3.63) is 29.5 Å². The molecule has 4 N–H and O–H groups in total. The van der Waals surface area contributed by atoms with E-state index >= 15 is 0 Å². The summed E-state index contributed by atoms with van der Waals surface area (Å²) < 4.78 is 52.1. The van der Waals surface area contributed by atoms with Crippen LogP contribution in [0.4, 0.5) is 11.4 Å². The fourth-order valence-corrected chi connectivity index (χ4v) is 6.88. The van der Waals surface area contributed by atoms with Gasteiger partial charge in [-0.25, -0.2) is 8.42 Å². The zero-order valence-corrected chi connectivity index (χ0v) is 24.1. The third-order valence-electron chi connectivity index (χ3n) is 6.15. The summed E-state index contributed by atoms with van der Waals surface area (Å²) in [4.78, 5) is 0. The van der Waals surface area contributed by atoms with Crippen molar-refractivity contribution in [3.63, 3.8) is 0 Å². The zero-order chi connectivity index (χ0) is 27.6. The highest BCUT2D eigenvalue weighted by Crippen LogP contribution is 2.57. The van der Waals surface area contributed by atoms with Crippen molar-refractivity contribution in [1.29, 1.82) is 0 Å². The molecule has 4 rings (SSSR count). The van der Waals surface area contributed by atoms with E-state index in [1.165, 1.54) is 12.1 Å². The van der Waals surface area contributed by atoms with Gasteiger partial charge in [0.05, 0.1) is 29.0 Å². The van der Waals surface area contributed by atoms with Crippen molar-refractivity contribution in [2.45, 2.75) is 78.9 Å². The summed E-state index contributed by atoms with van der Waals surface area (Å²) in [7, 11) is -7.43. The molecule has 1 atom stereocenters. The minimum Gasteiger partial charge on any atom is -0.505 e. The maximum atomic E-state index is 14.2. The maximum absolute atomic E-state index is 14.2. The molecule has 37 heavy (non-hydrogen) atoms. The first-order chi connectivity index (χ1) is 16.9. The monoisotopic (exact) mass is 552 g/mol. The van der Waals surface area contributed by atoms with E-state index in [9.17, 15) is 23.2 Å². The summed E-state index contributed by atoms with van der Waals surface area (Å²) in [5.74, 6) is -0.271. The molecule has 0 radical (unpaired) electrons. The Morgan fingerprint density at radius 1 is 1.19 bits per heavy atom. The van der Waals surface area contributed by atoms with Gasteiger partial charge in [-0.05, 0) is 42.9 Å². The average Bonchev–Trinajstić information content (AvgIpc) is 3.47. The number of benzene rings is 1. The molecule has 1 saturated carbocycles. The first-order valence-electron chi connectivity index (χ1n) is 12.3. The minimum atomic E-state index is -3.88. The van der Waals surface area contributed by atoms with Gasteiger partial charge in [-0.2, -0.15) is 4.76 Å². The number of hydrogen-bond donors (Lipinski definition) is 4. The van der Waals surface area contributed by atoms with Crippen LogP contribution in [0, 0.1) is 5.41 Å². The topological polar surface area (TPSA) is 142 Å². The van der Waals surface area contributed by atoms with Gasteiger partial charge in [-0.15, -0.1) is 0 Å². The number of aromatic nitrogens is 1. The van der Waals surface area contributed by atoms with Gasteiger partial charge < -0.3 is 24.6 Å². The number of anilines is 2. The van der Waals surface area contributed by atoms with E-state index in [2.05, 4.69) is 35.6 Å². The predicted molar refractivity (Wildman–Crippen MR) is 147 cm³/mol. The van der Waals surface area contributed by atoms with Crippen LogP contribution >= 0.6 is 7.52 Å². The number of hydrogen-bond acceptors (Lipinski definition) is 7. The van der Waals surface area contributed by atoms with Gasteiger partial charge >= 0.3 is 7.52 Å². The number of nitrogens with zero attached hydrogens (tertiary/aromatic N) is 2. The molecule has 10 nitrogen and oxygen atoms in total. The number of amidine groups is 1. The predicted octanol–water partition coefficient (Wildman–Crippen LogP) is 4.87. The number of aromatic hydroxyl groups is 2. The molecule has 204 valence electrons. The number of sulfonamides is 1. The lowest BCUT2D eigenvalue weighted by molar-refractivity contribution is 0.307. The van der Waals surface area contributed by atoms with E-state index in [0.29, 0.717) is 17.9 Å². The number of fused-ring (bicyclic) bond motifs is 1. The molecule has 1 aromatic heterocycles. The van der Waals surface area contributed by atoms with Crippen molar-refractivity contribution in [3.8, 4) is 11.6 Å². The van der Waals surface area contributed by atoms with Crippen LogP contribution in [0.5, 0.6) is 11.6 Å². The van der Waals surface area contributed by atoms with Crippen molar-refractivity contribution >= 4 is 40.1 Å². The highest BCUT2D eigenvalue weighted by atomic mass is 32.2. The highest BCUT2D eigenvalue weighted by molar-refractivity contribution is 7.92. The molecule has 1 aromatic carbocycles. The number of rotatable bonds is 7. The van der Waals surface area contributed by atoms with Gasteiger partial charge in [-0.1, -0.05) is 41.5 Å². The van der Waals surface area contributed by atoms with Gasteiger partial charge in [0.15, 0.2) is 11.6 Å². The quantitative estimate of drug-likeness (QED) is 0.359. The second-order valence-electron chi connectivity index (χ2n) is 12.1. The minimum absolute atomic E-state index is 0.00723. The molecule has 1 fully saturated rings. The van der Waals surface area contributed by atoms with Crippen LogP contribution in [0.3, 0.4) is 0 Å². The molecule has 1 unspecified atom stereocenters. The normalized spacial score (nSPS) is 20.2. The Hall–Kier alpha value is -2.49. The smallest absolute Gasteiger partial charge is 0.349 e. The van der Waals surface area contributed by atoms with Gasteiger partial charge in [-0.3, -0.25) is 9.29 Å². The summed E-state index contributed by atoms with van der Waals surface area (Å²) in [6, 6.07) is 4.56. The standard InChI is InChI=1S/C25H37N4O6PS/c1-24(2,3)12-13-29-21(25(4,5)6)20(30)19(23(29)31)22-26-17-11-8-15(28-37(7,33)34)14-18(17)36(32,27-22)35-16-9-10-16/h8,11,14,16,28,30-31H,9-10,12-13H2,1-7H3,(H,26,27,32). The molecule has 0 bridgehead atoms. The first-order valence-corrected chi connectivity index (χ1v) is 15.8. The lowest BCUT2D eigenvalue weighted by Crippen LogP contribution is -2.26. The van der Waals surface area contributed by atoms with E-state index in [4.69, 9.17) is 4.52 Å². The van der Waals surface area contributed by atoms with E-state index in [0.717, 1.165) is 25.5 Å². The van der Waals surface area contributed by atoms with E-state index in [-0.39, 0.29) is 45.5 Å². The Balaban J connectivity index is 1.85. The Labute approximate surface area is 218 Å². The molecule has 0 saturated heterocycles. The summed E-state index contributed by atoms with van der Waals surface area (Å²) in [5.41, 5.74) is 0.715. The van der Waals surface area contributed by atoms with Crippen molar-refractivity contribution in [2.24, 2.45) is 10.2 Å². The zero-order valence-electron chi connectivity index (χ0n) is 22.4. The second-order valence-corrected chi connectivity index (χ2v) is 15.8. The molecule has 0 amide bonds. The molecule has 1 aliphatic carbocycles. The van der Waals surface area contributed by atoms with E-state index in [1.807, 2.05) is 20.8 Å². The molecule has 0 spiro atoms. The van der Waals surface area contributed by atoms with E-state index < -0.39 is 23.0 Å². The summed E-state index contributed by atoms with van der Waals surface area (Å²) >= 11 is 0. The first kappa shape index (κ1) is 27.5. The van der Waals surface area contributed by atoms with Crippen LogP contribution in [0.1, 0.15) is 72.1 Å². The highest BCUT2D eigenvalue weighted by Gasteiger charge is 2.42. The molecular weight excluding hydrogens is 515 g/mol. The third kappa shape index (κ3) is 5.99. The van der Waals surface area contributed by atoms with Gasteiger partial charge in [0.1, 0.15) is 5.56 Å². The maximum Gasteiger partial charge on any atom is 0.349 e. The van der Waals surface area contributed by atoms with Crippen molar-refractivity contribution in [2.75, 3.05) is 16.3 Å².